The summed E-state index contributed by atoms with van der Waals surface area (Å²) in [6.45, 7) is 0. The van der Waals surface area contributed by atoms with Gasteiger partial charge in [0.15, 0.2) is 0 Å². The molecule has 1 heterocycles. The van der Waals surface area contributed by atoms with Crippen LogP contribution in [-0.2, 0) is 0 Å². The average Bonchev–Trinajstić information content (AvgIpc) is 3.02. The number of hydrogen-bond acceptors (Lipinski definition) is 1. The lowest BCUT2D eigenvalue weighted by atomic mass is 9.54. The maximum Gasteiger partial charge on any atom is 0.0434 e. The molecule has 0 aromatic rings. The predicted molar refractivity (Wildman–Crippen MR) is 150 cm³/mol. The molecular formula is C34H55N. The molecule has 0 aromatic heterocycles. The van der Waals surface area contributed by atoms with E-state index < -0.39 is 0 Å². The van der Waals surface area contributed by atoms with Crippen molar-refractivity contribution >= 4 is 5.71 Å². The monoisotopic (exact) mass is 477 g/mol. The lowest BCUT2D eigenvalue weighted by molar-refractivity contribution is 0.104. The third kappa shape index (κ3) is 5.23. The van der Waals surface area contributed by atoms with Crippen molar-refractivity contribution in [2.24, 2.45) is 46.4 Å². The minimum absolute atomic E-state index is 0.814. The maximum atomic E-state index is 5.94. The summed E-state index contributed by atoms with van der Waals surface area (Å²) in [5.74, 6) is 6.30. The molecule has 0 N–H and O–H groups in total. The van der Waals surface area contributed by atoms with E-state index in [2.05, 4.69) is 0 Å². The molecule has 6 aliphatic rings. The van der Waals surface area contributed by atoms with Crippen molar-refractivity contribution in [3.63, 3.8) is 0 Å². The van der Waals surface area contributed by atoms with Crippen LogP contribution in [0.15, 0.2) is 16.3 Å². The fourth-order valence-corrected chi connectivity index (χ4v) is 10.3. The van der Waals surface area contributed by atoms with Gasteiger partial charge in [0.05, 0.1) is 0 Å². The molecule has 35 heavy (non-hydrogen) atoms. The molecule has 0 radical (unpaired) electrons. The summed E-state index contributed by atoms with van der Waals surface area (Å²) in [5, 5.41) is 0. The number of fused-ring (bicyclic) bond motifs is 6. The number of rotatable bonds is 0. The number of nitrogens with zero attached hydrogens (tertiary/aromatic N) is 1. The quantitative estimate of drug-likeness (QED) is 0.329. The molecule has 1 heteroatoms. The van der Waals surface area contributed by atoms with Crippen LogP contribution in [0.3, 0.4) is 0 Å². The lowest BCUT2D eigenvalue weighted by Gasteiger charge is -2.52. The van der Waals surface area contributed by atoms with Crippen molar-refractivity contribution in [3.8, 4) is 0 Å². The van der Waals surface area contributed by atoms with Gasteiger partial charge in [-0.15, -0.1) is 0 Å². The molecule has 4 fully saturated rings. The first-order valence-corrected chi connectivity index (χ1v) is 16.7. The third-order valence-corrected chi connectivity index (χ3v) is 11.8. The zero-order chi connectivity index (χ0) is 23.5. The van der Waals surface area contributed by atoms with Crippen LogP contribution in [0.25, 0.3) is 0 Å². The Morgan fingerprint density at radius 2 is 0.914 bits per heavy atom. The van der Waals surface area contributed by atoms with Crippen LogP contribution in [0.5, 0.6) is 0 Å². The van der Waals surface area contributed by atoms with E-state index >= 15 is 0 Å². The van der Waals surface area contributed by atoms with Crippen molar-refractivity contribution in [1.29, 1.82) is 0 Å². The van der Waals surface area contributed by atoms with Gasteiger partial charge in [0, 0.05) is 23.2 Å². The normalized spacial score (nSPS) is 41.6. The van der Waals surface area contributed by atoms with E-state index in [1.54, 1.807) is 17.8 Å². The highest BCUT2D eigenvalue weighted by Gasteiger charge is 2.50. The second-order valence-corrected chi connectivity index (χ2v) is 13.8. The third-order valence-electron chi connectivity index (χ3n) is 11.8. The molecule has 0 bridgehead atoms. The Kier molecular flexibility index (Phi) is 8.38. The van der Waals surface area contributed by atoms with Gasteiger partial charge in [0.2, 0.25) is 0 Å². The summed E-state index contributed by atoms with van der Waals surface area (Å²) in [5.41, 5.74) is 5.48. The highest BCUT2D eigenvalue weighted by Crippen LogP contribution is 2.58. The lowest BCUT2D eigenvalue weighted by Crippen LogP contribution is -2.45. The first kappa shape index (κ1) is 24.7. The molecular weight excluding hydrogens is 422 g/mol. The molecule has 0 saturated heterocycles. The van der Waals surface area contributed by atoms with Crippen LogP contribution in [0.2, 0.25) is 0 Å². The van der Waals surface area contributed by atoms with Crippen molar-refractivity contribution in [3.05, 3.63) is 11.3 Å². The Hall–Kier alpha value is -0.590. The van der Waals surface area contributed by atoms with Crippen molar-refractivity contribution in [2.75, 3.05) is 0 Å². The Balaban J connectivity index is 1.47. The Morgan fingerprint density at radius 1 is 0.429 bits per heavy atom. The second kappa shape index (κ2) is 11.9. The fraction of sp³-hybridized carbons (Fsp3) is 0.912. The Labute approximate surface area is 217 Å². The zero-order valence-electron chi connectivity index (χ0n) is 23.0. The van der Waals surface area contributed by atoms with Gasteiger partial charge in [-0.05, 0) is 93.0 Å². The van der Waals surface area contributed by atoms with Crippen LogP contribution in [0, 0.1) is 41.4 Å². The molecule has 196 valence electrons. The number of hydrogen-bond donors (Lipinski definition) is 0. The second-order valence-electron chi connectivity index (χ2n) is 13.8. The summed E-state index contributed by atoms with van der Waals surface area (Å²) in [7, 11) is 0. The molecule has 7 atom stereocenters. The van der Waals surface area contributed by atoms with Gasteiger partial charge in [0.25, 0.3) is 0 Å². The van der Waals surface area contributed by atoms with Gasteiger partial charge < -0.3 is 0 Å². The van der Waals surface area contributed by atoms with Crippen LogP contribution >= 0.6 is 0 Å². The van der Waals surface area contributed by atoms with Crippen LogP contribution in [-0.4, -0.2) is 5.71 Å². The first-order chi connectivity index (χ1) is 17.4. The number of allylic oxidation sites excluding steroid dienone is 2. The summed E-state index contributed by atoms with van der Waals surface area (Å²) in [6.07, 6.45) is 35.6. The molecule has 0 amide bonds. The number of aliphatic imine (C=N–C) groups is 1. The molecule has 1 nitrogen and oxygen atoms in total. The van der Waals surface area contributed by atoms with Crippen molar-refractivity contribution in [1.82, 2.24) is 0 Å². The van der Waals surface area contributed by atoms with Gasteiger partial charge in [-0.2, -0.15) is 0 Å². The highest BCUT2D eigenvalue weighted by atomic mass is 14.8. The summed E-state index contributed by atoms with van der Waals surface area (Å²) < 4.78 is 0. The summed E-state index contributed by atoms with van der Waals surface area (Å²) >= 11 is 0. The van der Waals surface area contributed by atoms with Crippen molar-refractivity contribution in [2.45, 2.75) is 154 Å². The molecule has 6 rings (SSSR count). The fourth-order valence-electron chi connectivity index (χ4n) is 10.3. The van der Waals surface area contributed by atoms with E-state index in [1.807, 2.05) is 5.57 Å². The average molecular weight is 478 g/mol. The highest BCUT2D eigenvalue weighted by molar-refractivity contribution is 5.90. The molecule has 4 saturated carbocycles. The minimum atomic E-state index is 0.814. The van der Waals surface area contributed by atoms with Gasteiger partial charge >= 0.3 is 0 Å². The van der Waals surface area contributed by atoms with Crippen LogP contribution in [0.1, 0.15) is 154 Å². The molecule has 7 unspecified atom stereocenters. The smallest absolute Gasteiger partial charge is 0.0434 e. The van der Waals surface area contributed by atoms with E-state index in [-0.39, 0.29) is 0 Å². The van der Waals surface area contributed by atoms with Gasteiger partial charge in [0.1, 0.15) is 0 Å². The van der Waals surface area contributed by atoms with E-state index in [0.717, 1.165) is 41.4 Å². The van der Waals surface area contributed by atoms with Crippen molar-refractivity contribution < 1.29 is 0 Å². The van der Waals surface area contributed by atoms with E-state index in [0.29, 0.717) is 0 Å². The molecule has 0 aromatic carbocycles. The minimum Gasteiger partial charge on any atom is -0.262 e. The van der Waals surface area contributed by atoms with E-state index in [9.17, 15) is 0 Å². The van der Waals surface area contributed by atoms with E-state index in [4.69, 9.17) is 4.99 Å². The Bertz CT molecular complexity index is 761. The van der Waals surface area contributed by atoms with Gasteiger partial charge in [-0.3, -0.25) is 4.99 Å². The maximum absolute atomic E-state index is 5.94. The zero-order valence-corrected chi connectivity index (χ0v) is 23.0. The Morgan fingerprint density at radius 3 is 1.60 bits per heavy atom. The van der Waals surface area contributed by atoms with Gasteiger partial charge in [-0.25, -0.2) is 0 Å². The first-order valence-electron chi connectivity index (χ1n) is 16.7. The molecule has 0 spiro atoms. The summed E-state index contributed by atoms with van der Waals surface area (Å²) in [4.78, 5) is 5.94. The van der Waals surface area contributed by atoms with E-state index in [1.165, 1.54) is 148 Å². The molecule has 1 aliphatic heterocycles. The summed E-state index contributed by atoms with van der Waals surface area (Å²) in [6, 6.07) is 0. The SMILES string of the molecule is C1CCCC2C3=C(C4CCCCCCC4C2CCC1)C1CCCCCCC2CCCCCC(=N3)C21. The molecule has 5 aliphatic carbocycles. The largest absolute Gasteiger partial charge is 0.262 e. The van der Waals surface area contributed by atoms with Crippen LogP contribution in [0.4, 0.5) is 0 Å². The van der Waals surface area contributed by atoms with Crippen LogP contribution < -0.4 is 0 Å². The predicted octanol–water partition coefficient (Wildman–Crippen LogP) is 10.4. The van der Waals surface area contributed by atoms with Gasteiger partial charge in [-0.1, -0.05) is 96.3 Å². The topological polar surface area (TPSA) is 12.4 Å². The standard InChI is InChI=1S/C34H55N/c1-2-11-20-27-26-19-12-6-7-13-21-28(26)33-30-23-15-5-4-9-17-25-18-10-8-16-24-31(32(25)30)35-34(33)29(27)22-14-3-1/h25-30,32H,1-24H2.